The summed E-state index contributed by atoms with van der Waals surface area (Å²) in [6.45, 7) is 2.90. The van der Waals surface area contributed by atoms with Gasteiger partial charge in [-0.1, -0.05) is 17.7 Å². The summed E-state index contributed by atoms with van der Waals surface area (Å²) in [5, 5.41) is 10.3. The molecule has 6 rings (SSSR count). The van der Waals surface area contributed by atoms with Crippen LogP contribution in [0, 0.1) is 6.92 Å². The molecule has 3 aromatic heterocycles. The van der Waals surface area contributed by atoms with E-state index in [1.54, 1.807) is 4.68 Å². The van der Waals surface area contributed by atoms with Crippen molar-refractivity contribution in [1.82, 2.24) is 24.5 Å². The summed E-state index contributed by atoms with van der Waals surface area (Å²) in [7, 11) is 0. The first-order valence-electron chi connectivity index (χ1n) is 10.4. The van der Waals surface area contributed by atoms with Crippen molar-refractivity contribution in [3.63, 3.8) is 0 Å². The average molecular weight is 420 g/mol. The maximum Gasteiger partial charge on any atom is 0.274 e. The van der Waals surface area contributed by atoms with Gasteiger partial charge in [-0.15, -0.1) is 0 Å². The van der Waals surface area contributed by atoms with Gasteiger partial charge in [0.15, 0.2) is 5.65 Å². The van der Waals surface area contributed by atoms with Crippen LogP contribution in [-0.2, 0) is 0 Å². The second kappa shape index (κ2) is 6.40. The summed E-state index contributed by atoms with van der Waals surface area (Å²) in [6, 6.07) is 8.01. The van der Waals surface area contributed by atoms with Crippen LogP contribution in [0.5, 0.6) is 0 Å². The summed E-state index contributed by atoms with van der Waals surface area (Å²) in [5.41, 5.74) is 3.90. The van der Waals surface area contributed by atoms with E-state index in [0.29, 0.717) is 10.4 Å². The van der Waals surface area contributed by atoms with E-state index in [0.717, 1.165) is 47.2 Å². The molecule has 152 valence electrons. The Hall–Kier alpha value is -2.70. The Balaban J connectivity index is 1.41. The number of rotatable bonds is 2. The molecule has 7 heteroatoms. The van der Waals surface area contributed by atoms with Gasteiger partial charge in [0.2, 0.25) is 0 Å². The second-order valence-corrected chi connectivity index (χ2v) is 9.15. The van der Waals surface area contributed by atoms with Crippen molar-refractivity contribution < 1.29 is 0 Å². The van der Waals surface area contributed by atoms with Gasteiger partial charge in [-0.3, -0.25) is 4.79 Å². The van der Waals surface area contributed by atoms with Crippen molar-refractivity contribution in [2.75, 3.05) is 6.54 Å². The summed E-state index contributed by atoms with van der Waals surface area (Å²) >= 11 is 6.45. The minimum Gasteiger partial charge on any atom is -0.311 e. The fourth-order valence-electron chi connectivity index (χ4n) is 4.81. The molecule has 0 bridgehead atoms. The number of piperidine rings is 1. The Morgan fingerprint density at radius 3 is 2.90 bits per heavy atom. The average Bonchev–Trinajstić information content (AvgIpc) is 3.35. The van der Waals surface area contributed by atoms with Crippen molar-refractivity contribution >= 4 is 28.0 Å². The number of nitrogens with one attached hydrogen (secondary N) is 1. The minimum absolute atomic E-state index is 0.000434. The normalized spacial score (nSPS) is 20.3. The quantitative estimate of drug-likeness (QED) is 0.530. The highest BCUT2D eigenvalue weighted by Crippen LogP contribution is 2.45. The fourth-order valence-corrected chi connectivity index (χ4v) is 5.07. The molecule has 1 aromatic carbocycles. The lowest BCUT2D eigenvalue weighted by Gasteiger charge is -2.30. The smallest absolute Gasteiger partial charge is 0.274 e. The van der Waals surface area contributed by atoms with Crippen LogP contribution in [0.15, 0.2) is 47.7 Å². The lowest BCUT2D eigenvalue weighted by Crippen LogP contribution is -2.43. The van der Waals surface area contributed by atoms with E-state index in [9.17, 15) is 4.79 Å². The van der Waals surface area contributed by atoms with Gasteiger partial charge in [0, 0.05) is 23.3 Å². The summed E-state index contributed by atoms with van der Waals surface area (Å²) in [6.07, 6.45) is 10.1. The molecule has 0 radical (unpaired) electrons. The van der Waals surface area contributed by atoms with E-state index in [4.69, 9.17) is 11.6 Å². The maximum absolute atomic E-state index is 13.2. The monoisotopic (exact) mass is 419 g/mol. The van der Waals surface area contributed by atoms with Crippen LogP contribution >= 0.6 is 11.6 Å². The topological polar surface area (TPSA) is 64.2 Å². The molecule has 1 atom stereocenters. The number of pyridine rings is 1. The number of nitrogens with zero attached hydrogens (tertiary/aromatic N) is 4. The van der Waals surface area contributed by atoms with Crippen LogP contribution in [0.2, 0.25) is 5.02 Å². The molecule has 0 amide bonds. The predicted molar refractivity (Wildman–Crippen MR) is 118 cm³/mol. The number of aryl methyl sites for hydroxylation is 1. The first-order valence-corrected chi connectivity index (χ1v) is 10.8. The van der Waals surface area contributed by atoms with Gasteiger partial charge in [0.25, 0.3) is 5.56 Å². The molecule has 30 heavy (non-hydrogen) atoms. The Morgan fingerprint density at radius 2 is 2.07 bits per heavy atom. The Labute approximate surface area is 178 Å². The van der Waals surface area contributed by atoms with Crippen molar-refractivity contribution in [2.45, 2.75) is 44.2 Å². The number of fused-ring (bicyclic) bond motifs is 2. The zero-order valence-electron chi connectivity index (χ0n) is 16.7. The number of hydrogen-bond acceptors (Lipinski definition) is 4. The van der Waals surface area contributed by atoms with Crippen molar-refractivity contribution in [2.24, 2.45) is 0 Å². The number of imidazole rings is 1. The van der Waals surface area contributed by atoms with Gasteiger partial charge >= 0.3 is 0 Å². The first kappa shape index (κ1) is 18.1. The lowest BCUT2D eigenvalue weighted by atomic mass is 9.97. The molecule has 1 spiro atoms. The molecule has 4 aromatic rings. The fraction of sp³-hybridized carbons (Fsp3) is 0.348. The number of benzene rings is 1. The number of aromatic nitrogens is 4. The third-order valence-corrected chi connectivity index (χ3v) is 6.85. The molecular weight excluding hydrogens is 398 g/mol. The first-order chi connectivity index (χ1) is 14.5. The molecule has 6 nitrogen and oxygen atoms in total. The lowest BCUT2D eigenvalue weighted by molar-refractivity contribution is 0.264. The van der Waals surface area contributed by atoms with Gasteiger partial charge < -0.3 is 9.72 Å². The van der Waals surface area contributed by atoms with Gasteiger partial charge in [-0.05, 0) is 68.5 Å². The molecule has 2 aliphatic rings. The minimum atomic E-state index is 0.000434. The Morgan fingerprint density at radius 1 is 1.20 bits per heavy atom. The summed E-state index contributed by atoms with van der Waals surface area (Å²) in [5.74, 6) is 0. The Kier molecular flexibility index (Phi) is 3.86. The van der Waals surface area contributed by atoms with Crippen LogP contribution in [0.25, 0.3) is 27.5 Å². The molecule has 1 saturated carbocycles. The van der Waals surface area contributed by atoms with Crippen LogP contribution < -0.4 is 10.9 Å². The molecular formula is C23H22ClN5O. The van der Waals surface area contributed by atoms with E-state index in [2.05, 4.69) is 15.4 Å². The highest BCUT2D eigenvalue weighted by molar-refractivity contribution is 6.33. The van der Waals surface area contributed by atoms with E-state index < -0.39 is 0 Å². The SMILES string of the molecule is Cc1cn2cc(-c3ccc4c(=O)n(C5CCNC6(CC6)C5)ncc4c3)cc(Cl)c2n1. The third kappa shape index (κ3) is 2.86. The standard InChI is InChI=1S/C23H22ClN5O/c1-14-12-28-13-17(9-20(24)21(28)27-14)15-2-3-19-16(8-15)11-26-29(22(19)30)18-4-7-25-23(10-18)5-6-23/h2-3,8-9,11-13,18,25H,4-7,10H2,1H3. The van der Waals surface area contributed by atoms with Gasteiger partial charge in [-0.25, -0.2) is 9.67 Å². The Bertz CT molecular complexity index is 1370. The summed E-state index contributed by atoms with van der Waals surface area (Å²) < 4.78 is 3.65. The van der Waals surface area contributed by atoms with Gasteiger partial charge in [-0.2, -0.15) is 5.10 Å². The van der Waals surface area contributed by atoms with Crippen molar-refractivity contribution in [3.05, 3.63) is 63.9 Å². The molecule has 4 heterocycles. The molecule has 1 aliphatic carbocycles. The van der Waals surface area contributed by atoms with Crippen LogP contribution in [0.4, 0.5) is 0 Å². The van der Waals surface area contributed by atoms with E-state index in [1.807, 2.05) is 54.2 Å². The van der Waals surface area contributed by atoms with Crippen molar-refractivity contribution in [3.8, 4) is 11.1 Å². The zero-order chi connectivity index (χ0) is 20.5. The predicted octanol–water partition coefficient (Wildman–Crippen LogP) is 4.13. The van der Waals surface area contributed by atoms with E-state index in [1.165, 1.54) is 12.8 Å². The number of hydrogen-bond donors (Lipinski definition) is 1. The highest BCUT2D eigenvalue weighted by atomic mass is 35.5. The van der Waals surface area contributed by atoms with E-state index in [-0.39, 0.29) is 17.1 Å². The molecule has 2 fully saturated rings. The molecule has 1 saturated heterocycles. The third-order valence-electron chi connectivity index (χ3n) is 6.57. The van der Waals surface area contributed by atoms with Crippen LogP contribution in [0.3, 0.4) is 0 Å². The zero-order valence-corrected chi connectivity index (χ0v) is 17.5. The summed E-state index contributed by atoms with van der Waals surface area (Å²) in [4.78, 5) is 17.6. The van der Waals surface area contributed by atoms with E-state index >= 15 is 0 Å². The second-order valence-electron chi connectivity index (χ2n) is 8.74. The van der Waals surface area contributed by atoms with Crippen LogP contribution in [-0.4, -0.2) is 31.2 Å². The highest BCUT2D eigenvalue weighted by Gasteiger charge is 2.46. The maximum atomic E-state index is 13.2. The van der Waals surface area contributed by atoms with Crippen molar-refractivity contribution in [1.29, 1.82) is 0 Å². The van der Waals surface area contributed by atoms with Gasteiger partial charge in [0.05, 0.1) is 28.3 Å². The molecule has 1 unspecified atom stereocenters. The van der Waals surface area contributed by atoms with Crippen LogP contribution in [0.1, 0.15) is 37.4 Å². The largest absolute Gasteiger partial charge is 0.311 e. The van der Waals surface area contributed by atoms with Gasteiger partial charge in [0.1, 0.15) is 0 Å². The number of halogens is 1. The molecule has 1 aliphatic heterocycles. The molecule has 1 N–H and O–H groups in total.